The zero-order valence-corrected chi connectivity index (χ0v) is 12.9. The first-order valence-corrected chi connectivity index (χ1v) is 7.71. The SMILES string of the molecule is NC(=O)N(NC(=O)c1sccc1-n1cccc1)c1ccccc1. The van der Waals surface area contributed by atoms with Crippen molar-refractivity contribution in [2.75, 3.05) is 5.01 Å². The van der Waals surface area contributed by atoms with Gasteiger partial charge in [-0.15, -0.1) is 11.3 Å². The van der Waals surface area contributed by atoms with Crippen molar-refractivity contribution in [2.24, 2.45) is 5.73 Å². The number of carbonyl (C=O) groups excluding carboxylic acids is 2. The summed E-state index contributed by atoms with van der Waals surface area (Å²) < 4.78 is 1.84. The number of nitrogens with zero attached hydrogens (tertiary/aromatic N) is 2. The molecule has 1 aromatic carbocycles. The molecule has 0 aliphatic rings. The number of hydrogen-bond acceptors (Lipinski definition) is 3. The Morgan fingerprint density at radius 1 is 1.04 bits per heavy atom. The molecule has 3 amide bonds. The van der Waals surface area contributed by atoms with Crippen LogP contribution in [0.3, 0.4) is 0 Å². The van der Waals surface area contributed by atoms with E-state index in [2.05, 4.69) is 5.43 Å². The Morgan fingerprint density at radius 2 is 1.74 bits per heavy atom. The second-order valence-electron chi connectivity index (χ2n) is 4.68. The summed E-state index contributed by atoms with van der Waals surface area (Å²) in [7, 11) is 0. The number of carbonyl (C=O) groups is 2. The van der Waals surface area contributed by atoms with E-state index in [1.54, 1.807) is 24.3 Å². The van der Waals surface area contributed by atoms with E-state index in [1.807, 2.05) is 46.6 Å². The number of nitrogens with two attached hydrogens (primary N) is 1. The maximum absolute atomic E-state index is 12.5. The lowest BCUT2D eigenvalue weighted by Crippen LogP contribution is -2.49. The number of hydrogen-bond donors (Lipinski definition) is 2. The number of thiophene rings is 1. The molecule has 3 aromatic rings. The third kappa shape index (κ3) is 3.09. The number of amides is 3. The molecular formula is C16H14N4O2S. The highest BCUT2D eigenvalue weighted by atomic mass is 32.1. The molecule has 0 fully saturated rings. The fourth-order valence-corrected chi connectivity index (χ4v) is 2.93. The summed E-state index contributed by atoms with van der Waals surface area (Å²) in [5, 5.41) is 2.85. The van der Waals surface area contributed by atoms with Crippen LogP contribution in [-0.2, 0) is 0 Å². The van der Waals surface area contributed by atoms with E-state index in [1.165, 1.54) is 11.3 Å². The first-order valence-electron chi connectivity index (χ1n) is 6.83. The molecule has 23 heavy (non-hydrogen) atoms. The van der Waals surface area contributed by atoms with E-state index in [4.69, 9.17) is 5.73 Å². The average Bonchev–Trinajstić information content (AvgIpc) is 3.23. The quantitative estimate of drug-likeness (QED) is 0.726. The molecule has 0 atom stereocenters. The zero-order chi connectivity index (χ0) is 16.2. The van der Waals surface area contributed by atoms with Gasteiger partial charge in [-0.25, -0.2) is 9.80 Å². The van der Waals surface area contributed by atoms with E-state index in [0.717, 1.165) is 10.7 Å². The molecule has 116 valence electrons. The first-order chi connectivity index (χ1) is 11.2. The summed E-state index contributed by atoms with van der Waals surface area (Å²) in [4.78, 5) is 24.7. The minimum absolute atomic E-state index is 0.397. The lowest BCUT2D eigenvalue weighted by Gasteiger charge is -2.21. The summed E-state index contributed by atoms with van der Waals surface area (Å²) in [6, 6.07) is 13.5. The van der Waals surface area contributed by atoms with Gasteiger partial charge in [0.05, 0.1) is 11.4 Å². The van der Waals surface area contributed by atoms with Crippen LogP contribution in [-0.4, -0.2) is 16.5 Å². The summed E-state index contributed by atoms with van der Waals surface area (Å²) in [6.45, 7) is 0. The van der Waals surface area contributed by atoms with Crippen molar-refractivity contribution in [3.63, 3.8) is 0 Å². The Bertz CT molecular complexity index is 812. The van der Waals surface area contributed by atoms with E-state index in [-0.39, 0.29) is 0 Å². The number of primary amides is 1. The molecule has 0 bridgehead atoms. The lowest BCUT2D eigenvalue weighted by atomic mass is 10.3. The molecule has 7 heteroatoms. The van der Waals surface area contributed by atoms with Crippen molar-refractivity contribution in [3.05, 3.63) is 71.2 Å². The molecule has 0 aliphatic heterocycles. The van der Waals surface area contributed by atoms with Gasteiger partial charge in [0.25, 0.3) is 5.91 Å². The van der Waals surface area contributed by atoms with Gasteiger partial charge in [-0.05, 0) is 35.7 Å². The van der Waals surface area contributed by atoms with Crippen molar-refractivity contribution in [1.29, 1.82) is 0 Å². The van der Waals surface area contributed by atoms with Crippen LogP contribution in [0.1, 0.15) is 9.67 Å². The molecule has 2 heterocycles. The maximum atomic E-state index is 12.5. The van der Waals surface area contributed by atoms with Crippen LogP contribution in [0.25, 0.3) is 5.69 Å². The van der Waals surface area contributed by atoms with Gasteiger partial charge < -0.3 is 10.3 Å². The van der Waals surface area contributed by atoms with Gasteiger partial charge in [0, 0.05) is 12.4 Å². The highest BCUT2D eigenvalue weighted by Crippen LogP contribution is 2.22. The second kappa shape index (κ2) is 6.37. The molecule has 0 saturated heterocycles. The molecule has 2 aromatic heterocycles. The van der Waals surface area contributed by atoms with Crippen LogP contribution < -0.4 is 16.2 Å². The Morgan fingerprint density at radius 3 is 2.39 bits per heavy atom. The molecule has 6 nitrogen and oxygen atoms in total. The van der Waals surface area contributed by atoms with Crippen molar-refractivity contribution >= 4 is 29.0 Å². The highest BCUT2D eigenvalue weighted by Gasteiger charge is 2.20. The standard InChI is InChI=1S/C16H14N4O2S/c17-16(22)20(12-6-2-1-3-7-12)18-15(21)14-13(8-11-23-14)19-9-4-5-10-19/h1-11H,(H2,17,22)(H,18,21). The van der Waals surface area contributed by atoms with Crippen molar-refractivity contribution in [2.45, 2.75) is 0 Å². The number of nitrogens with one attached hydrogen (secondary N) is 1. The third-order valence-electron chi connectivity index (χ3n) is 3.18. The minimum Gasteiger partial charge on any atom is -0.350 e. The van der Waals surface area contributed by atoms with Crippen molar-refractivity contribution in [1.82, 2.24) is 9.99 Å². The molecule has 0 spiro atoms. The lowest BCUT2D eigenvalue weighted by molar-refractivity contribution is 0.0955. The fourth-order valence-electron chi connectivity index (χ4n) is 2.15. The van der Waals surface area contributed by atoms with Crippen LogP contribution >= 0.6 is 11.3 Å². The van der Waals surface area contributed by atoms with Crippen LogP contribution in [0.2, 0.25) is 0 Å². The molecular weight excluding hydrogens is 312 g/mol. The molecule has 0 saturated carbocycles. The summed E-state index contributed by atoms with van der Waals surface area (Å²) >= 11 is 1.29. The van der Waals surface area contributed by atoms with Crippen LogP contribution in [0.5, 0.6) is 0 Å². The normalized spacial score (nSPS) is 10.3. The Balaban J connectivity index is 1.87. The zero-order valence-electron chi connectivity index (χ0n) is 12.0. The van der Waals surface area contributed by atoms with Crippen molar-refractivity contribution in [3.8, 4) is 5.69 Å². The average molecular weight is 326 g/mol. The van der Waals surface area contributed by atoms with Crippen molar-refractivity contribution < 1.29 is 9.59 Å². The van der Waals surface area contributed by atoms with Crippen LogP contribution in [0.4, 0.5) is 10.5 Å². The smallest absolute Gasteiger partial charge is 0.338 e. The Hall–Kier alpha value is -3.06. The summed E-state index contributed by atoms with van der Waals surface area (Å²) in [6.07, 6.45) is 3.70. The number of para-hydroxylation sites is 1. The molecule has 3 N–H and O–H groups in total. The number of anilines is 1. The largest absolute Gasteiger partial charge is 0.350 e. The first kappa shape index (κ1) is 14.9. The topological polar surface area (TPSA) is 80.4 Å². The minimum atomic E-state index is -0.761. The molecule has 0 aliphatic carbocycles. The Kier molecular flexibility index (Phi) is 4.11. The summed E-state index contributed by atoms with van der Waals surface area (Å²) in [5.41, 5.74) is 9.17. The van der Waals surface area contributed by atoms with E-state index >= 15 is 0 Å². The third-order valence-corrected chi connectivity index (χ3v) is 4.08. The fraction of sp³-hybridized carbons (Fsp3) is 0. The monoisotopic (exact) mass is 326 g/mol. The van der Waals surface area contributed by atoms with Gasteiger partial charge in [0.1, 0.15) is 4.88 Å². The van der Waals surface area contributed by atoms with Gasteiger partial charge in [0.15, 0.2) is 0 Å². The number of rotatable bonds is 3. The van der Waals surface area contributed by atoms with Gasteiger partial charge in [-0.3, -0.25) is 10.2 Å². The van der Waals surface area contributed by atoms with E-state index < -0.39 is 11.9 Å². The number of aromatic nitrogens is 1. The molecule has 3 rings (SSSR count). The predicted molar refractivity (Wildman–Crippen MR) is 89.6 cm³/mol. The highest BCUT2D eigenvalue weighted by molar-refractivity contribution is 7.12. The number of benzene rings is 1. The van der Waals surface area contributed by atoms with Crippen LogP contribution in [0.15, 0.2) is 66.3 Å². The van der Waals surface area contributed by atoms with Gasteiger partial charge >= 0.3 is 6.03 Å². The predicted octanol–water partition coefficient (Wildman–Crippen LogP) is 2.77. The van der Waals surface area contributed by atoms with E-state index in [9.17, 15) is 9.59 Å². The van der Waals surface area contributed by atoms with E-state index in [0.29, 0.717) is 10.6 Å². The van der Waals surface area contributed by atoms with Crippen LogP contribution in [0, 0.1) is 0 Å². The number of hydrazine groups is 1. The van der Waals surface area contributed by atoms with Gasteiger partial charge in [0.2, 0.25) is 0 Å². The Labute approximate surface area is 136 Å². The number of urea groups is 1. The van der Waals surface area contributed by atoms with Gasteiger partial charge in [-0.1, -0.05) is 18.2 Å². The molecule has 0 radical (unpaired) electrons. The maximum Gasteiger partial charge on any atom is 0.338 e. The second-order valence-corrected chi connectivity index (χ2v) is 5.59. The molecule has 0 unspecified atom stereocenters. The van der Waals surface area contributed by atoms with Gasteiger partial charge in [-0.2, -0.15) is 0 Å². The summed E-state index contributed by atoms with van der Waals surface area (Å²) in [5.74, 6) is -0.397.